The average Bonchev–Trinajstić information content (AvgIpc) is 2.66. The summed E-state index contributed by atoms with van der Waals surface area (Å²) in [5, 5.41) is 9.87. The van der Waals surface area contributed by atoms with Crippen LogP contribution in [0.25, 0.3) is 11.3 Å². The summed E-state index contributed by atoms with van der Waals surface area (Å²) in [6.45, 7) is 10.9. The Labute approximate surface area is 181 Å². The Morgan fingerprint density at radius 1 is 0.903 bits per heavy atom. The van der Waals surface area contributed by atoms with E-state index in [1.165, 1.54) is 18.2 Å². The van der Waals surface area contributed by atoms with Crippen LogP contribution in [0.15, 0.2) is 48.5 Å². The maximum Gasteiger partial charge on any atom is 0.417 e. The first-order valence-electron chi connectivity index (χ1n) is 9.80. The topological polar surface area (TPSA) is 50.1 Å². The summed E-state index contributed by atoms with van der Waals surface area (Å²) < 4.78 is 46.5. The van der Waals surface area contributed by atoms with E-state index in [9.17, 15) is 23.2 Å². The molecule has 0 aliphatic carbocycles. The zero-order valence-electron chi connectivity index (χ0n) is 18.5. The molecule has 0 fully saturated rings. The van der Waals surface area contributed by atoms with Crippen LogP contribution in [-0.4, -0.2) is 5.97 Å². The number of rotatable bonds is 3. The Kier molecular flexibility index (Phi) is 6.70. The van der Waals surface area contributed by atoms with Crippen LogP contribution in [0.1, 0.15) is 63.8 Å². The Morgan fingerprint density at radius 3 is 1.90 bits per heavy atom. The van der Waals surface area contributed by atoms with Crippen molar-refractivity contribution < 1.29 is 22.7 Å². The molecule has 0 spiro atoms. The monoisotopic (exact) mass is 429 g/mol. The number of benzene rings is 2. The van der Waals surface area contributed by atoms with Crippen molar-refractivity contribution in [3.63, 3.8) is 0 Å². The van der Waals surface area contributed by atoms with Crippen LogP contribution in [0.2, 0.25) is 0 Å². The van der Waals surface area contributed by atoms with Crippen LogP contribution in [0.4, 0.5) is 13.2 Å². The fraction of sp³-hybridized carbons (Fsp3) is 0.360. The zero-order valence-corrected chi connectivity index (χ0v) is 18.5. The van der Waals surface area contributed by atoms with Crippen molar-refractivity contribution in [1.82, 2.24) is 0 Å². The molecule has 2 rings (SSSR count). The number of nitrogens with zero attached hydrogens (tertiary/aromatic N) is 1. The Balaban J connectivity index is 2.79. The average molecular weight is 429 g/mol. The summed E-state index contributed by atoms with van der Waals surface area (Å²) in [4.78, 5) is 12.6. The Bertz CT molecular complexity index is 1030. The van der Waals surface area contributed by atoms with Gasteiger partial charge in [0.1, 0.15) is 11.6 Å². The first-order valence-corrected chi connectivity index (χ1v) is 9.80. The molecule has 0 heterocycles. The van der Waals surface area contributed by atoms with Crippen LogP contribution >= 0.6 is 0 Å². The second-order valence-electron chi connectivity index (χ2n) is 9.33. The second kappa shape index (κ2) is 8.58. The van der Waals surface area contributed by atoms with Crippen molar-refractivity contribution in [1.29, 1.82) is 5.26 Å². The van der Waals surface area contributed by atoms with Crippen molar-refractivity contribution in [2.24, 2.45) is 5.41 Å². The molecule has 0 saturated heterocycles. The van der Waals surface area contributed by atoms with Gasteiger partial charge in [-0.2, -0.15) is 18.4 Å². The molecule has 0 N–H and O–H groups in total. The molecule has 2 aromatic carbocycles. The Hall–Kier alpha value is -3.07. The zero-order chi connectivity index (χ0) is 23.6. The van der Waals surface area contributed by atoms with Gasteiger partial charge in [-0.3, -0.25) is 4.79 Å². The molecule has 0 radical (unpaired) electrons. The molecule has 164 valence electrons. The summed E-state index contributed by atoms with van der Waals surface area (Å²) in [6, 6.07) is 13.6. The van der Waals surface area contributed by atoms with Crippen LogP contribution in [0, 0.1) is 16.7 Å². The van der Waals surface area contributed by atoms with Gasteiger partial charge in [-0.25, -0.2) is 0 Å². The minimum Gasteiger partial charge on any atom is -0.424 e. The summed E-state index contributed by atoms with van der Waals surface area (Å²) in [7, 11) is 0. The molecule has 0 aromatic heterocycles. The number of allylic oxidation sites excluding steroid dienone is 1. The van der Waals surface area contributed by atoms with Crippen molar-refractivity contribution >= 4 is 17.3 Å². The van der Waals surface area contributed by atoms with E-state index in [4.69, 9.17) is 4.74 Å². The minimum atomic E-state index is -4.69. The lowest BCUT2D eigenvalue weighted by Gasteiger charge is -2.22. The second-order valence-corrected chi connectivity index (χ2v) is 9.33. The number of nitriles is 1. The van der Waals surface area contributed by atoms with E-state index in [0.717, 1.165) is 11.6 Å². The van der Waals surface area contributed by atoms with E-state index >= 15 is 0 Å². The quantitative estimate of drug-likeness (QED) is 0.229. The van der Waals surface area contributed by atoms with E-state index in [2.05, 4.69) is 0 Å². The smallest absolute Gasteiger partial charge is 0.417 e. The van der Waals surface area contributed by atoms with Gasteiger partial charge in [-0.15, -0.1) is 0 Å². The normalized spacial score (nSPS) is 13.3. The van der Waals surface area contributed by atoms with E-state index < -0.39 is 28.9 Å². The van der Waals surface area contributed by atoms with Gasteiger partial charge >= 0.3 is 12.1 Å². The van der Waals surface area contributed by atoms with E-state index in [1.54, 1.807) is 32.9 Å². The van der Waals surface area contributed by atoms with Crippen molar-refractivity contribution in [2.75, 3.05) is 0 Å². The largest absolute Gasteiger partial charge is 0.424 e. The molecule has 0 bridgehead atoms. The lowest BCUT2D eigenvalue weighted by Crippen LogP contribution is -2.23. The Morgan fingerprint density at radius 2 is 1.45 bits per heavy atom. The predicted octanol–water partition coefficient (Wildman–Crippen LogP) is 6.98. The molecule has 31 heavy (non-hydrogen) atoms. The van der Waals surface area contributed by atoms with E-state index in [0.29, 0.717) is 5.56 Å². The highest BCUT2D eigenvalue weighted by Crippen LogP contribution is 2.39. The molecule has 0 saturated carbocycles. The van der Waals surface area contributed by atoms with Crippen molar-refractivity contribution in [3.8, 4) is 6.07 Å². The summed E-state index contributed by atoms with van der Waals surface area (Å²) >= 11 is 0. The molecule has 0 aliphatic rings. The predicted molar refractivity (Wildman–Crippen MR) is 115 cm³/mol. The molecule has 3 nitrogen and oxygen atoms in total. The maximum atomic E-state index is 13.7. The number of hydrogen-bond donors (Lipinski definition) is 0. The van der Waals surface area contributed by atoms with Crippen LogP contribution in [0.3, 0.4) is 0 Å². The highest BCUT2D eigenvalue weighted by Gasteiger charge is 2.36. The lowest BCUT2D eigenvalue weighted by molar-refractivity contribution is -0.146. The minimum absolute atomic E-state index is 0.139. The number of ether oxygens (including phenoxy) is 1. The first kappa shape index (κ1) is 24.2. The lowest BCUT2D eigenvalue weighted by atomic mass is 9.86. The number of alkyl halides is 3. The van der Waals surface area contributed by atoms with Gasteiger partial charge in [0.05, 0.1) is 11.0 Å². The van der Waals surface area contributed by atoms with Gasteiger partial charge in [-0.1, -0.05) is 63.2 Å². The molecular formula is C25H26F3NO2. The third-order valence-corrected chi connectivity index (χ3v) is 4.66. The summed E-state index contributed by atoms with van der Waals surface area (Å²) in [5.74, 6) is -1.14. The molecular weight excluding hydrogens is 403 g/mol. The summed E-state index contributed by atoms with van der Waals surface area (Å²) in [6.07, 6.45) is -4.69. The number of carbonyl (C=O) groups excluding carboxylic acids is 1. The highest BCUT2D eigenvalue weighted by atomic mass is 19.4. The van der Waals surface area contributed by atoms with E-state index in [-0.39, 0.29) is 16.6 Å². The van der Waals surface area contributed by atoms with Crippen LogP contribution in [-0.2, 0) is 21.1 Å². The maximum absolute atomic E-state index is 13.7. The number of carbonyl (C=O) groups is 1. The van der Waals surface area contributed by atoms with Crippen LogP contribution < -0.4 is 0 Å². The van der Waals surface area contributed by atoms with Gasteiger partial charge in [0.25, 0.3) is 0 Å². The van der Waals surface area contributed by atoms with Gasteiger partial charge < -0.3 is 4.74 Å². The molecule has 2 aromatic rings. The number of hydrogen-bond acceptors (Lipinski definition) is 3. The third kappa shape index (κ3) is 5.75. The molecule has 0 amide bonds. The highest BCUT2D eigenvalue weighted by molar-refractivity contribution is 5.99. The SMILES string of the molecule is CC(C)(C)C(=O)OC(=C(C#N)c1ccc(C(C)(C)C)cc1)c1ccccc1C(F)(F)F. The standard InChI is InChI=1S/C25H26F3NO2/c1-23(2,3)17-13-11-16(12-14-17)19(15-29)21(31-22(30)24(4,5)6)18-9-7-8-10-20(18)25(26,27)28/h7-14H,1-6H3. The number of esters is 1. The molecule has 0 atom stereocenters. The third-order valence-electron chi connectivity index (χ3n) is 4.66. The van der Waals surface area contributed by atoms with E-state index in [1.807, 2.05) is 39.0 Å². The number of halogens is 3. The van der Waals surface area contributed by atoms with Gasteiger partial charge in [0.15, 0.2) is 5.76 Å². The van der Waals surface area contributed by atoms with Gasteiger partial charge in [-0.05, 0) is 43.4 Å². The molecule has 0 unspecified atom stereocenters. The molecule has 0 aliphatic heterocycles. The summed E-state index contributed by atoms with van der Waals surface area (Å²) in [5.41, 5.74) is -1.24. The van der Waals surface area contributed by atoms with Gasteiger partial charge in [0.2, 0.25) is 0 Å². The fourth-order valence-corrected chi connectivity index (χ4v) is 2.80. The van der Waals surface area contributed by atoms with Gasteiger partial charge in [0, 0.05) is 5.56 Å². The van der Waals surface area contributed by atoms with Crippen LogP contribution in [0.5, 0.6) is 0 Å². The first-order chi connectivity index (χ1) is 14.2. The fourth-order valence-electron chi connectivity index (χ4n) is 2.80. The molecule has 6 heteroatoms. The van der Waals surface area contributed by atoms with Crippen molar-refractivity contribution in [3.05, 3.63) is 70.8 Å². The van der Waals surface area contributed by atoms with Crippen molar-refractivity contribution in [2.45, 2.75) is 53.1 Å².